The Hall–Kier alpha value is -1.60. The van der Waals surface area contributed by atoms with Gasteiger partial charge in [0.15, 0.2) is 0 Å². The van der Waals surface area contributed by atoms with Crippen LogP contribution in [0.15, 0.2) is 42.5 Å². The number of hydrogen-bond acceptors (Lipinski definition) is 1. The maximum Gasteiger partial charge on any atom is 0.0332 e. The van der Waals surface area contributed by atoms with Gasteiger partial charge < -0.3 is 5.73 Å². The predicted molar refractivity (Wildman–Crippen MR) is 89.5 cm³/mol. The Morgan fingerprint density at radius 1 is 1.00 bits per heavy atom. The molecule has 0 fully saturated rings. The lowest BCUT2D eigenvalue weighted by atomic mass is 9.86. The number of benzene rings is 2. The molecule has 1 heteroatoms. The number of fused-ring (bicyclic) bond motifs is 1. The number of aryl methyl sites for hydroxylation is 2. The number of nitrogens with two attached hydrogens (primary N) is 1. The molecule has 2 aromatic rings. The first-order valence-corrected chi connectivity index (χ1v) is 8.17. The molecule has 0 radical (unpaired) electrons. The van der Waals surface area contributed by atoms with Crippen LogP contribution in [0.4, 0.5) is 0 Å². The van der Waals surface area contributed by atoms with Crippen molar-refractivity contribution in [3.63, 3.8) is 0 Å². The first-order chi connectivity index (χ1) is 10.2. The average molecular weight is 279 g/mol. The fourth-order valence-corrected chi connectivity index (χ4v) is 3.60. The van der Waals surface area contributed by atoms with Crippen molar-refractivity contribution >= 4 is 0 Å². The third-order valence-electron chi connectivity index (χ3n) is 4.95. The molecule has 110 valence electrons. The van der Waals surface area contributed by atoms with Crippen LogP contribution >= 0.6 is 0 Å². The van der Waals surface area contributed by atoms with Crippen LogP contribution in [0.25, 0.3) is 0 Å². The zero-order valence-electron chi connectivity index (χ0n) is 13.1. The van der Waals surface area contributed by atoms with Crippen molar-refractivity contribution in [3.05, 3.63) is 70.3 Å². The summed E-state index contributed by atoms with van der Waals surface area (Å²) in [7, 11) is 0. The van der Waals surface area contributed by atoms with Crippen molar-refractivity contribution < 1.29 is 0 Å². The van der Waals surface area contributed by atoms with Crippen LogP contribution in [0.3, 0.4) is 0 Å². The van der Waals surface area contributed by atoms with Gasteiger partial charge in [0.05, 0.1) is 0 Å². The van der Waals surface area contributed by atoms with Gasteiger partial charge in [-0.25, -0.2) is 0 Å². The Morgan fingerprint density at radius 2 is 1.67 bits per heavy atom. The third kappa shape index (κ3) is 2.75. The molecule has 1 atom stereocenters. The summed E-state index contributed by atoms with van der Waals surface area (Å²) in [5.74, 6) is 0.541. The molecule has 2 N–H and O–H groups in total. The normalized spacial score (nSPS) is 16.0. The van der Waals surface area contributed by atoms with E-state index in [4.69, 9.17) is 5.73 Å². The topological polar surface area (TPSA) is 26.0 Å². The molecule has 0 heterocycles. The minimum atomic E-state index is 0.152. The largest absolute Gasteiger partial charge is 0.324 e. The quantitative estimate of drug-likeness (QED) is 0.890. The molecule has 0 bridgehead atoms. The molecule has 3 rings (SSSR count). The maximum absolute atomic E-state index is 6.68. The van der Waals surface area contributed by atoms with E-state index in [0.717, 1.165) is 25.7 Å². The zero-order chi connectivity index (χ0) is 14.8. The fourth-order valence-electron chi connectivity index (χ4n) is 3.60. The number of hydrogen-bond donors (Lipinski definition) is 1. The monoisotopic (exact) mass is 279 g/mol. The van der Waals surface area contributed by atoms with Gasteiger partial charge in [0.1, 0.15) is 0 Å². The van der Waals surface area contributed by atoms with Crippen LogP contribution in [0, 0.1) is 5.92 Å². The summed E-state index contributed by atoms with van der Waals surface area (Å²) in [6.45, 7) is 4.43. The van der Waals surface area contributed by atoms with Gasteiger partial charge in [0.25, 0.3) is 0 Å². The van der Waals surface area contributed by atoms with Crippen molar-refractivity contribution in [1.82, 2.24) is 0 Å². The molecular formula is C20H25N. The van der Waals surface area contributed by atoms with E-state index in [-0.39, 0.29) is 6.04 Å². The van der Waals surface area contributed by atoms with E-state index in [1.807, 2.05) is 0 Å². The van der Waals surface area contributed by atoms with Crippen molar-refractivity contribution in [3.8, 4) is 0 Å². The predicted octanol–water partition coefficient (Wildman–Crippen LogP) is 4.23. The highest BCUT2D eigenvalue weighted by Gasteiger charge is 2.28. The molecule has 1 aliphatic rings. The first-order valence-electron chi connectivity index (χ1n) is 8.17. The molecule has 0 aromatic heterocycles. The highest BCUT2D eigenvalue weighted by Crippen LogP contribution is 2.35. The molecule has 0 saturated heterocycles. The minimum absolute atomic E-state index is 0.152. The molecule has 0 saturated carbocycles. The van der Waals surface area contributed by atoms with E-state index in [9.17, 15) is 0 Å². The van der Waals surface area contributed by atoms with Crippen LogP contribution < -0.4 is 5.73 Å². The second-order valence-electron chi connectivity index (χ2n) is 6.20. The Labute approximate surface area is 128 Å². The lowest BCUT2D eigenvalue weighted by Crippen LogP contribution is -2.23. The standard InChI is InChI=1S/C20H25N/c1-3-14-9-10-15(4-2)19(11-14)20(21)18-12-16-7-5-6-8-17(16)13-18/h5-11,18,20H,3-4,12-13,21H2,1-2H3. The van der Waals surface area contributed by atoms with E-state index >= 15 is 0 Å². The van der Waals surface area contributed by atoms with Gasteiger partial charge in [-0.1, -0.05) is 56.3 Å². The zero-order valence-corrected chi connectivity index (χ0v) is 13.1. The smallest absolute Gasteiger partial charge is 0.0332 e. The van der Waals surface area contributed by atoms with E-state index in [1.165, 1.54) is 27.8 Å². The lowest BCUT2D eigenvalue weighted by molar-refractivity contribution is 0.451. The van der Waals surface area contributed by atoms with Gasteiger partial charge in [0, 0.05) is 6.04 Å². The molecule has 1 aliphatic carbocycles. The summed E-state index contributed by atoms with van der Waals surface area (Å²) in [6, 6.07) is 15.8. The van der Waals surface area contributed by atoms with E-state index in [0.29, 0.717) is 5.92 Å². The van der Waals surface area contributed by atoms with Crippen LogP contribution in [0.1, 0.15) is 47.7 Å². The van der Waals surface area contributed by atoms with E-state index < -0.39 is 0 Å². The van der Waals surface area contributed by atoms with Gasteiger partial charge in [-0.05, 0) is 59.4 Å². The molecule has 0 aliphatic heterocycles. The summed E-state index contributed by atoms with van der Waals surface area (Å²) in [5, 5.41) is 0. The molecule has 0 amide bonds. The highest BCUT2D eigenvalue weighted by atomic mass is 14.7. The summed E-state index contributed by atoms with van der Waals surface area (Å²) >= 11 is 0. The third-order valence-corrected chi connectivity index (χ3v) is 4.95. The van der Waals surface area contributed by atoms with Crippen molar-refractivity contribution in [2.24, 2.45) is 11.7 Å². The maximum atomic E-state index is 6.68. The van der Waals surface area contributed by atoms with E-state index in [2.05, 4.69) is 56.3 Å². The summed E-state index contributed by atoms with van der Waals surface area (Å²) in [4.78, 5) is 0. The minimum Gasteiger partial charge on any atom is -0.324 e. The molecule has 1 nitrogen and oxygen atoms in total. The van der Waals surface area contributed by atoms with E-state index in [1.54, 1.807) is 0 Å². The Kier molecular flexibility index (Phi) is 4.12. The second kappa shape index (κ2) is 6.03. The van der Waals surface area contributed by atoms with Gasteiger partial charge in [-0.3, -0.25) is 0 Å². The molecule has 1 unspecified atom stereocenters. The van der Waals surface area contributed by atoms with Crippen LogP contribution in [-0.2, 0) is 25.7 Å². The molecule has 0 spiro atoms. The Balaban J connectivity index is 1.88. The fraction of sp³-hybridized carbons (Fsp3) is 0.400. The van der Waals surface area contributed by atoms with Crippen LogP contribution in [-0.4, -0.2) is 0 Å². The highest BCUT2D eigenvalue weighted by molar-refractivity contribution is 5.38. The van der Waals surface area contributed by atoms with Crippen molar-refractivity contribution in [2.75, 3.05) is 0 Å². The van der Waals surface area contributed by atoms with Crippen molar-refractivity contribution in [1.29, 1.82) is 0 Å². The van der Waals surface area contributed by atoms with Gasteiger partial charge in [-0.2, -0.15) is 0 Å². The summed E-state index contributed by atoms with van der Waals surface area (Å²) in [5.41, 5.74) is 13.8. The summed E-state index contributed by atoms with van der Waals surface area (Å²) in [6.07, 6.45) is 4.38. The first kappa shape index (κ1) is 14.3. The lowest BCUT2D eigenvalue weighted by Gasteiger charge is -2.23. The average Bonchev–Trinajstić information content (AvgIpc) is 2.97. The Bertz CT molecular complexity index is 604. The number of rotatable bonds is 4. The van der Waals surface area contributed by atoms with Crippen LogP contribution in [0.2, 0.25) is 0 Å². The second-order valence-corrected chi connectivity index (χ2v) is 6.20. The van der Waals surface area contributed by atoms with Gasteiger partial charge in [0.2, 0.25) is 0 Å². The molecular weight excluding hydrogens is 254 g/mol. The van der Waals surface area contributed by atoms with Crippen LogP contribution in [0.5, 0.6) is 0 Å². The Morgan fingerprint density at radius 3 is 2.24 bits per heavy atom. The van der Waals surface area contributed by atoms with Gasteiger partial charge in [-0.15, -0.1) is 0 Å². The molecule has 2 aromatic carbocycles. The van der Waals surface area contributed by atoms with Crippen molar-refractivity contribution in [2.45, 2.75) is 45.6 Å². The SMILES string of the molecule is CCc1ccc(CC)c(C(N)C2Cc3ccccc3C2)c1. The van der Waals surface area contributed by atoms with Gasteiger partial charge >= 0.3 is 0 Å². The summed E-state index contributed by atoms with van der Waals surface area (Å²) < 4.78 is 0. The molecule has 21 heavy (non-hydrogen) atoms.